The van der Waals surface area contributed by atoms with E-state index in [1.807, 2.05) is 25.1 Å². The molecule has 1 heterocycles. The first-order chi connectivity index (χ1) is 10.0. The minimum absolute atomic E-state index is 0.0337. The predicted molar refractivity (Wildman–Crippen MR) is 86.0 cm³/mol. The number of hydrogen-bond acceptors (Lipinski definition) is 4. The largest absolute Gasteiger partial charge is 0.481 e. The highest BCUT2D eigenvalue weighted by atomic mass is 32.2. The zero-order valence-corrected chi connectivity index (χ0v) is 13.5. The van der Waals surface area contributed by atoms with Crippen molar-refractivity contribution in [1.29, 1.82) is 0 Å². The Morgan fingerprint density at radius 3 is 2.90 bits per heavy atom. The number of carboxylic acids is 1. The lowest BCUT2D eigenvalue weighted by atomic mass is 10.2. The van der Waals surface area contributed by atoms with Crippen LogP contribution in [0, 0.1) is 6.92 Å². The van der Waals surface area contributed by atoms with Crippen LogP contribution >= 0.6 is 11.8 Å². The van der Waals surface area contributed by atoms with E-state index < -0.39 is 5.97 Å². The lowest BCUT2D eigenvalue weighted by Crippen LogP contribution is -2.23. The molecule has 0 atom stereocenters. The molecule has 21 heavy (non-hydrogen) atoms. The fourth-order valence-electron chi connectivity index (χ4n) is 2.15. The van der Waals surface area contributed by atoms with Gasteiger partial charge in [0.2, 0.25) is 0 Å². The van der Waals surface area contributed by atoms with Gasteiger partial charge >= 0.3 is 5.97 Å². The minimum Gasteiger partial charge on any atom is -0.481 e. The van der Waals surface area contributed by atoms with Gasteiger partial charge in [-0.05, 0) is 32.1 Å². The number of fused-ring (bicyclic) bond motifs is 1. The average molecular weight is 307 g/mol. The normalized spacial score (nSPS) is 11.4. The summed E-state index contributed by atoms with van der Waals surface area (Å²) >= 11 is 1.28. The molecule has 1 aromatic carbocycles. The second-order valence-electron chi connectivity index (χ2n) is 5.07. The number of carbonyl (C=O) groups is 1. The van der Waals surface area contributed by atoms with Crippen LogP contribution in [0.4, 0.5) is 0 Å². The van der Waals surface area contributed by atoms with Gasteiger partial charge in [0.25, 0.3) is 0 Å². The molecule has 0 aliphatic rings. The van der Waals surface area contributed by atoms with Crippen LogP contribution in [-0.2, 0) is 11.3 Å². The van der Waals surface area contributed by atoms with E-state index in [4.69, 9.17) is 5.11 Å². The standard InChI is InChI=1S/C15H21N3O2S/c1-4-17(3)8-9-18-12-7-5-6-11(2)14(12)16-15(18)21-10-13(19)20/h5-7H,4,8-10H2,1-3H3,(H,19,20). The van der Waals surface area contributed by atoms with Gasteiger partial charge in [0, 0.05) is 13.1 Å². The van der Waals surface area contributed by atoms with Gasteiger partial charge in [-0.25, -0.2) is 4.98 Å². The van der Waals surface area contributed by atoms with Crippen molar-refractivity contribution < 1.29 is 9.90 Å². The minimum atomic E-state index is -0.819. The van der Waals surface area contributed by atoms with Crippen LogP contribution in [0.5, 0.6) is 0 Å². The Bertz CT molecular complexity index is 639. The zero-order valence-electron chi connectivity index (χ0n) is 12.7. The van der Waals surface area contributed by atoms with E-state index in [2.05, 4.69) is 28.4 Å². The monoisotopic (exact) mass is 307 g/mol. The van der Waals surface area contributed by atoms with Crippen LogP contribution in [-0.4, -0.2) is 51.4 Å². The lowest BCUT2D eigenvalue weighted by molar-refractivity contribution is -0.133. The van der Waals surface area contributed by atoms with E-state index in [1.165, 1.54) is 11.8 Å². The van der Waals surface area contributed by atoms with Gasteiger partial charge in [0.1, 0.15) is 0 Å². The molecule has 2 aromatic rings. The van der Waals surface area contributed by atoms with Crippen LogP contribution in [0.25, 0.3) is 11.0 Å². The van der Waals surface area contributed by atoms with Crippen LogP contribution < -0.4 is 0 Å². The Morgan fingerprint density at radius 2 is 2.24 bits per heavy atom. The first-order valence-corrected chi connectivity index (χ1v) is 8.00. The maximum atomic E-state index is 10.8. The van der Waals surface area contributed by atoms with E-state index in [0.717, 1.165) is 41.4 Å². The molecular formula is C15H21N3O2S. The molecule has 5 nitrogen and oxygen atoms in total. The number of carboxylic acid groups (broad SMARTS) is 1. The van der Waals surface area contributed by atoms with Crippen molar-refractivity contribution in [1.82, 2.24) is 14.5 Å². The molecule has 0 unspecified atom stereocenters. The van der Waals surface area contributed by atoms with Gasteiger partial charge < -0.3 is 14.6 Å². The Labute approximate surface area is 129 Å². The second-order valence-corrected chi connectivity index (χ2v) is 6.01. The molecule has 0 fully saturated rings. The van der Waals surface area contributed by atoms with E-state index in [9.17, 15) is 4.79 Å². The van der Waals surface area contributed by atoms with Crippen molar-refractivity contribution in [3.05, 3.63) is 23.8 Å². The van der Waals surface area contributed by atoms with Gasteiger partial charge in [0.15, 0.2) is 5.16 Å². The first kappa shape index (κ1) is 15.9. The predicted octanol–water partition coefficient (Wildman–Crippen LogP) is 2.47. The summed E-state index contributed by atoms with van der Waals surface area (Å²) in [7, 11) is 2.08. The van der Waals surface area contributed by atoms with Crippen molar-refractivity contribution in [3.8, 4) is 0 Å². The van der Waals surface area contributed by atoms with Crippen molar-refractivity contribution >= 4 is 28.8 Å². The van der Waals surface area contributed by atoms with E-state index in [1.54, 1.807) is 0 Å². The molecule has 1 N–H and O–H groups in total. The number of imidazole rings is 1. The fraction of sp³-hybridized carbons (Fsp3) is 0.467. The molecule has 0 saturated carbocycles. The second kappa shape index (κ2) is 6.95. The maximum Gasteiger partial charge on any atom is 0.313 e. The third-order valence-corrected chi connectivity index (χ3v) is 4.48. The summed E-state index contributed by atoms with van der Waals surface area (Å²) in [6, 6.07) is 6.10. The molecule has 0 spiro atoms. The summed E-state index contributed by atoms with van der Waals surface area (Å²) in [5, 5.41) is 9.67. The van der Waals surface area contributed by atoms with Crippen LogP contribution in [0.15, 0.2) is 23.4 Å². The molecule has 6 heteroatoms. The summed E-state index contributed by atoms with van der Waals surface area (Å²) in [5.41, 5.74) is 3.16. The number of thioether (sulfide) groups is 1. The molecule has 0 radical (unpaired) electrons. The highest BCUT2D eigenvalue weighted by Gasteiger charge is 2.14. The molecule has 0 bridgehead atoms. The number of rotatable bonds is 7. The van der Waals surface area contributed by atoms with Gasteiger partial charge in [0.05, 0.1) is 16.8 Å². The topological polar surface area (TPSA) is 58.4 Å². The van der Waals surface area contributed by atoms with Crippen molar-refractivity contribution in [2.45, 2.75) is 25.5 Å². The molecule has 2 rings (SSSR count). The van der Waals surface area contributed by atoms with E-state index in [0.29, 0.717) is 0 Å². The summed E-state index contributed by atoms with van der Waals surface area (Å²) < 4.78 is 2.13. The lowest BCUT2D eigenvalue weighted by Gasteiger charge is -2.15. The van der Waals surface area contributed by atoms with E-state index >= 15 is 0 Å². The molecule has 1 aromatic heterocycles. The Hall–Kier alpha value is -1.53. The number of hydrogen-bond donors (Lipinski definition) is 1. The number of likely N-dealkylation sites (N-methyl/N-ethyl adjacent to an activating group) is 1. The average Bonchev–Trinajstić information content (AvgIpc) is 2.82. The molecule has 0 saturated heterocycles. The third kappa shape index (κ3) is 3.77. The summed E-state index contributed by atoms with van der Waals surface area (Å²) in [6.07, 6.45) is 0. The van der Waals surface area contributed by atoms with Gasteiger partial charge in [-0.15, -0.1) is 0 Å². The maximum absolute atomic E-state index is 10.8. The van der Waals surface area contributed by atoms with Crippen molar-refractivity contribution in [2.75, 3.05) is 25.9 Å². The molecule has 0 aliphatic heterocycles. The summed E-state index contributed by atoms with van der Waals surface area (Å²) in [4.78, 5) is 17.7. The number of aromatic nitrogens is 2. The molecule has 0 amide bonds. The number of aryl methyl sites for hydroxylation is 1. The Balaban J connectivity index is 2.35. The SMILES string of the molecule is CCN(C)CCn1c(SCC(=O)O)nc2c(C)cccc21. The van der Waals surface area contributed by atoms with Gasteiger partial charge in [-0.3, -0.25) is 4.79 Å². The van der Waals surface area contributed by atoms with Crippen molar-refractivity contribution in [3.63, 3.8) is 0 Å². The summed E-state index contributed by atoms with van der Waals surface area (Å²) in [5.74, 6) is -0.785. The number of aliphatic carboxylic acids is 1. The highest BCUT2D eigenvalue weighted by Crippen LogP contribution is 2.26. The summed E-state index contributed by atoms with van der Waals surface area (Å²) in [6.45, 7) is 6.87. The Morgan fingerprint density at radius 1 is 1.48 bits per heavy atom. The molecule has 0 aliphatic carbocycles. The van der Waals surface area contributed by atoms with Crippen LogP contribution in [0.2, 0.25) is 0 Å². The molecular weight excluding hydrogens is 286 g/mol. The van der Waals surface area contributed by atoms with Gasteiger partial charge in [-0.1, -0.05) is 30.8 Å². The fourth-order valence-corrected chi connectivity index (χ4v) is 2.90. The molecule has 114 valence electrons. The van der Waals surface area contributed by atoms with E-state index in [-0.39, 0.29) is 5.75 Å². The van der Waals surface area contributed by atoms with Crippen molar-refractivity contribution in [2.24, 2.45) is 0 Å². The van der Waals surface area contributed by atoms with Crippen LogP contribution in [0.3, 0.4) is 0 Å². The third-order valence-electron chi connectivity index (χ3n) is 3.52. The quantitative estimate of drug-likeness (QED) is 0.796. The number of nitrogens with zero attached hydrogens (tertiary/aromatic N) is 3. The number of benzene rings is 1. The highest BCUT2D eigenvalue weighted by molar-refractivity contribution is 7.99. The Kier molecular flexibility index (Phi) is 5.25. The van der Waals surface area contributed by atoms with Gasteiger partial charge in [-0.2, -0.15) is 0 Å². The number of para-hydroxylation sites is 1. The first-order valence-electron chi connectivity index (χ1n) is 7.02. The zero-order chi connectivity index (χ0) is 15.4. The van der Waals surface area contributed by atoms with Crippen LogP contribution in [0.1, 0.15) is 12.5 Å². The smallest absolute Gasteiger partial charge is 0.313 e.